The van der Waals surface area contributed by atoms with E-state index in [-0.39, 0.29) is 16.9 Å². The minimum atomic E-state index is -0.513. The van der Waals surface area contributed by atoms with Crippen LogP contribution in [0.1, 0.15) is 40.1 Å². The lowest BCUT2D eigenvalue weighted by molar-refractivity contribution is 0.0940. The Hall–Kier alpha value is -4.47. The first-order valence-electron chi connectivity index (χ1n) is 13.1. The van der Waals surface area contributed by atoms with Crippen molar-refractivity contribution in [2.45, 2.75) is 19.5 Å². The number of benzene rings is 1. The zero-order chi connectivity index (χ0) is 29.7. The van der Waals surface area contributed by atoms with Crippen LogP contribution in [0.2, 0.25) is 0 Å². The minimum Gasteiger partial charge on any atom is -0.381 e. The van der Waals surface area contributed by atoms with E-state index in [1.807, 2.05) is 62.8 Å². The summed E-state index contributed by atoms with van der Waals surface area (Å²) in [6.45, 7) is 6.45. The van der Waals surface area contributed by atoms with Gasteiger partial charge in [-0.15, -0.1) is 6.58 Å². The van der Waals surface area contributed by atoms with Gasteiger partial charge in [0, 0.05) is 50.4 Å². The molecule has 4 rings (SSSR count). The van der Waals surface area contributed by atoms with E-state index in [4.69, 9.17) is 5.73 Å². The van der Waals surface area contributed by atoms with Gasteiger partial charge in [-0.05, 0) is 38.5 Å². The highest BCUT2D eigenvalue weighted by molar-refractivity contribution is 7.96. The number of rotatable bonds is 10. The molecule has 0 aliphatic heterocycles. The van der Waals surface area contributed by atoms with Crippen LogP contribution in [0.5, 0.6) is 0 Å². The first-order valence-corrected chi connectivity index (χ1v) is 14.0. The van der Waals surface area contributed by atoms with Crippen molar-refractivity contribution in [1.29, 1.82) is 0 Å². The Bertz CT molecular complexity index is 1700. The van der Waals surface area contributed by atoms with E-state index >= 15 is 0 Å². The summed E-state index contributed by atoms with van der Waals surface area (Å²) < 4.78 is 6.92. The highest BCUT2D eigenvalue weighted by Gasteiger charge is 2.24. The molecule has 0 fully saturated rings. The molecule has 0 saturated carbocycles. The quantitative estimate of drug-likeness (QED) is 0.150. The number of fused-ring (bicyclic) bond motifs is 1. The summed E-state index contributed by atoms with van der Waals surface area (Å²) in [5, 5.41) is 15.8. The number of aryl methyl sites for hydroxylation is 2. The van der Waals surface area contributed by atoms with Gasteiger partial charge in [0.1, 0.15) is 11.4 Å². The van der Waals surface area contributed by atoms with Crippen molar-refractivity contribution in [3.8, 4) is 11.8 Å². The molecule has 1 amide bonds. The summed E-state index contributed by atoms with van der Waals surface area (Å²) in [5.74, 6) is 7.13. The molecule has 41 heavy (non-hydrogen) atoms. The van der Waals surface area contributed by atoms with Crippen LogP contribution in [0.25, 0.3) is 10.8 Å². The summed E-state index contributed by atoms with van der Waals surface area (Å²) >= 11 is 1.60. The van der Waals surface area contributed by atoms with Gasteiger partial charge in [0.25, 0.3) is 11.5 Å². The number of nitrogens with two attached hydrogens (primary N) is 1. The molecule has 3 aromatic heterocycles. The SMILES string of the molecule is C=CCNc1c(C(=O)NC(C)c2cc3cccc(C#Cc4cnn(C)c4)c3c(=O)n2CCSN(C)C)c(N)nn1C. The van der Waals surface area contributed by atoms with E-state index in [0.29, 0.717) is 41.3 Å². The number of hydrogen-bond donors (Lipinski definition) is 3. The molecule has 0 saturated heterocycles. The Morgan fingerprint density at radius 2 is 2.07 bits per heavy atom. The molecule has 3 heterocycles. The number of nitrogens with one attached hydrogen (secondary N) is 2. The lowest BCUT2D eigenvalue weighted by atomic mass is 10.0. The van der Waals surface area contributed by atoms with E-state index in [9.17, 15) is 9.59 Å². The van der Waals surface area contributed by atoms with Crippen molar-refractivity contribution in [2.75, 3.05) is 37.4 Å². The molecule has 1 atom stereocenters. The third kappa shape index (κ3) is 6.65. The highest BCUT2D eigenvalue weighted by Crippen LogP contribution is 2.25. The summed E-state index contributed by atoms with van der Waals surface area (Å²) in [6.07, 6.45) is 5.19. The monoisotopic (exact) mass is 573 g/mol. The van der Waals surface area contributed by atoms with Crippen LogP contribution < -0.4 is 21.9 Å². The zero-order valence-electron chi connectivity index (χ0n) is 23.9. The molecule has 12 heteroatoms. The minimum absolute atomic E-state index is 0.110. The number of amides is 1. The second-order valence-electron chi connectivity index (χ2n) is 9.69. The summed E-state index contributed by atoms with van der Waals surface area (Å²) in [5.41, 5.74) is 8.25. The Morgan fingerprint density at radius 1 is 1.29 bits per heavy atom. The van der Waals surface area contributed by atoms with Gasteiger partial charge in [0.05, 0.1) is 23.2 Å². The van der Waals surface area contributed by atoms with Crippen molar-refractivity contribution >= 4 is 40.3 Å². The average molecular weight is 574 g/mol. The lowest BCUT2D eigenvalue weighted by Crippen LogP contribution is -2.34. The maximum absolute atomic E-state index is 14.0. The number of anilines is 2. The van der Waals surface area contributed by atoms with E-state index in [2.05, 4.69) is 39.3 Å². The first-order chi connectivity index (χ1) is 19.6. The predicted molar refractivity (Wildman–Crippen MR) is 166 cm³/mol. The largest absolute Gasteiger partial charge is 0.381 e. The van der Waals surface area contributed by atoms with Gasteiger partial charge >= 0.3 is 0 Å². The standard InChI is InChI=1S/C29H35N9O2S/c1-7-13-31-27-25(26(30)34-37(27)6)28(39)33-19(2)23-16-22-10-8-9-21(12-11-20-17-32-36(5)18-20)24(22)29(40)38(23)14-15-41-35(3)4/h7-10,16-19,31H,1,13-15H2,2-6H3,(H2,30,34)(H,33,39). The van der Waals surface area contributed by atoms with Gasteiger partial charge in [0.15, 0.2) is 5.82 Å². The van der Waals surface area contributed by atoms with E-state index in [1.54, 1.807) is 40.5 Å². The summed E-state index contributed by atoms with van der Waals surface area (Å²) in [7, 11) is 7.45. The van der Waals surface area contributed by atoms with Gasteiger partial charge in [-0.2, -0.15) is 10.2 Å². The molecule has 0 bridgehead atoms. The van der Waals surface area contributed by atoms with Crippen LogP contribution in [0, 0.1) is 11.8 Å². The molecule has 1 unspecified atom stereocenters. The van der Waals surface area contributed by atoms with Crippen molar-refractivity contribution in [2.24, 2.45) is 14.1 Å². The topological polar surface area (TPSA) is 128 Å². The van der Waals surface area contributed by atoms with Gasteiger partial charge in [-0.25, -0.2) is 0 Å². The number of hydrogen-bond acceptors (Lipinski definition) is 8. The first kappa shape index (κ1) is 29.5. The van der Waals surface area contributed by atoms with Crippen molar-refractivity contribution < 1.29 is 4.79 Å². The predicted octanol–water partition coefficient (Wildman–Crippen LogP) is 2.75. The van der Waals surface area contributed by atoms with Crippen LogP contribution in [0.4, 0.5) is 11.6 Å². The van der Waals surface area contributed by atoms with Gasteiger partial charge in [-0.1, -0.05) is 42.0 Å². The third-order valence-electron chi connectivity index (χ3n) is 6.39. The third-order valence-corrected chi connectivity index (χ3v) is 7.27. The molecule has 1 aromatic carbocycles. The number of pyridine rings is 1. The normalized spacial score (nSPS) is 11.8. The number of carbonyl (C=O) groups is 1. The fraction of sp³-hybridized carbons (Fsp3) is 0.310. The molecule has 214 valence electrons. The molecule has 0 spiro atoms. The van der Waals surface area contributed by atoms with Crippen molar-refractivity contribution in [3.05, 3.63) is 82.1 Å². The number of nitrogen functional groups attached to an aromatic ring is 1. The van der Waals surface area contributed by atoms with Crippen molar-refractivity contribution in [3.63, 3.8) is 0 Å². The molecule has 11 nitrogen and oxygen atoms in total. The molecule has 4 N–H and O–H groups in total. The lowest BCUT2D eigenvalue weighted by Gasteiger charge is -2.22. The second kappa shape index (κ2) is 12.8. The maximum atomic E-state index is 14.0. The highest BCUT2D eigenvalue weighted by atomic mass is 32.2. The summed E-state index contributed by atoms with van der Waals surface area (Å²) in [4.78, 5) is 27.5. The molecule has 0 aliphatic rings. The maximum Gasteiger partial charge on any atom is 0.259 e. The van der Waals surface area contributed by atoms with Crippen LogP contribution in [0.15, 0.2) is 54.1 Å². The Balaban J connectivity index is 1.76. The number of carbonyl (C=O) groups excluding carboxylic acids is 1. The Kier molecular flexibility index (Phi) is 9.21. The fourth-order valence-corrected chi connectivity index (χ4v) is 5.16. The number of nitrogens with zero attached hydrogens (tertiary/aromatic N) is 6. The van der Waals surface area contributed by atoms with Crippen LogP contribution in [-0.2, 0) is 20.6 Å². The van der Waals surface area contributed by atoms with Gasteiger partial charge in [0.2, 0.25) is 0 Å². The Labute approximate surface area is 243 Å². The van der Waals surface area contributed by atoms with E-state index in [0.717, 1.165) is 10.9 Å². The second-order valence-corrected chi connectivity index (χ2v) is 11.1. The van der Waals surface area contributed by atoms with E-state index in [1.165, 1.54) is 4.68 Å². The fourth-order valence-electron chi connectivity index (χ4n) is 4.54. The molecule has 4 aromatic rings. The summed E-state index contributed by atoms with van der Waals surface area (Å²) in [6, 6.07) is 7.04. The average Bonchev–Trinajstić information content (AvgIpc) is 3.47. The van der Waals surface area contributed by atoms with Gasteiger partial charge < -0.3 is 20.9 Å². The molecule has 0 aliphatic carbocycles. The van der Waals surface area contributed by atoms with E-state index < -0.39 is 11.9 Å². The Morgan fingerprint density at radius 3 is 2.76 bits per heavy atom. The van der Waals surface area contributed by atoms with Gasteiger partial charge in [-0.3, -0.25) is 23.3 Å². The van der Waals surface area contributed by atoms with Crippen LogP contribution in [0.3, 0.4) is 0 Å². The molecule has 0 radical (unpaired) electrons. The number of aromatic nitrogens is 5. The zero-order valence-corrected chi connectivity index (χ0v) is 24.7. The van der Waals surface area contributed by atoms with Crippen molar-refractivity contribution in [1.82, 2.24) is 33.8 Å². The van der Waals surface area contributed by atoms with Crippen LogP contribution >= 0.6 is 11.9 Å². The van der Waals surface area contributed by atoms with Crippen LogP contribution in [-0.4, -0.2) is 60.7 Å². The smallest absolute Gasteiger partial charge is 0.259 e. The molecular weight excluding hydrogens is 538 g/mol. The molecular formula is C29H35N9O2S.